The highest BCUT2D eigenvalue weighted by Crippen LogP contribution is 2.31. The summed E-state index contributed by atoms with van der Waals surface area (Å²) in [4.78, 5) is 11.3. The van der Waals surface area contributed by atoms with E-state index in [1.807, 2.05) is 6.92 Å². The van der Waals surface area contributed by atoms with E-state index in [0.717, 1.165) is 0 Å². The second-order valence-electron chi connectivity index (χ2n) is 3.64. The Bertz CT molecular complexity index is 400. The first-order chi connectivity index (χ1) is 7.99. The van der Waals surface area contributed by atoms with E-state index >= 15 is 0 Å². The van der Waals surface area contributed by atoms with Gasteiger partial charge in [0.15, 0.2) is 0 Å². The van der Waals surface area contributed by atoms with Crippen LogP contribution in [0.1, 0.15) is 17.3 Å². The third-order valence-corrected chi connectivity index (χ3v) is 2.83. The molecule has 94 valence electrons. The zero-order chi connectivity index (χ0) is 13.0. The molecule has 17 heavy (non-hydrogen) atoms. The number of esters is 1. The Labute approximate surface area is 108 Å². The maximum absolute atomic E-state index is 11.3. The number of methoxy groups -OCH3 is 1. The van der Waals surface area contributed by atoms with E-state index in [9.17, 15) is 4.79 Å². The molecule has 0 spiro atoms. The zero-order valence-corrected chi connectivity index (χ0v) is 11.2. The summed E-state index contributed by atoms with van der Waals surface area (Å²) in [6.07, 6.45) is 0. The monoisotopic (exact) mass is 302 g/mol. The standard InChI is InChI=1S/C11H15BrN2O3/c1-6(5-15)14-10-8(12)3-7(4-9(10)13)11(16)17-2/h3-4,6,14-15H,5,13H2,1-2H3. The van der Waals surface area contributed by atoms with Crippen LogP contribution in [0.2, 0.25) is 0 Å². The van der Waals surface area contributed by atoms with Gasteiger partial charge < -0.3 is 20.9 Å². The van der Waals surface area contributed by atoms with Crippen LogP contribution in [0.5, 0.6) is 0 Å². The molecule has 0 aliphatic carbocycles. The van der Waals surface area contributed by atoms with Crippen LogP contribution in [-0.4, -0.2) is 30.8 Å². The first kappa shape index (κ1) is 13.8. The molecule has 1 aromatic rings. The molecule has 1 atom stereocenters. The fraction of sp³-hybridized carbons (Fsp3) is 0.364. The number of nitrogens with two attached hydrogens (primary N) is 1. The largest absolute Gasteiger partial charge is 0.465 e. The third-order valence-electron chi connectivity index (χ3n) is 2.21. The summed E-state index contributed by atoms with van der Waals surface area (Å²) in [5.74, 6) is -0.445. The number of carbonyl (C=O) groups excluding carboxylic acids is 1. The number of aliphatic hydroxyl groups is 1. The number of carbonyl (C=O) groups is 1. The lowest BCUT2D eigenvalue weighted by atomic mass is 10.1. The lowest BCUT2D eigenvalue weighted by molar-refractivity contribution is 0.0600. The Morgan fingerprint density at radius 2 is 2.29 bits per heavy atom. The van der Waals surface area contributed by atoms with Crippen LogP contribution in [-0.2, 0) is 4.74 Å². The van der Waals surface area contributed by atoms with Crippen LogP contribution < -0.4 is 11.1 Å². The lowest BCUT2D eigenvalue weighted by Crippen LogP contribution is -2.20. The van der Waals surface area contributed by atoms with Crippen LogP contribution in [0, 0.1) is 0 Å². The van der Waals surface area contributed by atoms with Gasteiger partial charge in [-0.15, -0.1) is 0 Å². The summed E-state index contributed by atoms with van der Waals surface area (Å²) in [5, 5.41) is 12.0. The van der Waals surface area contributed by atoms with Crippen molar-refractivity contribution in [2.24, 2.45) is 0 Å². The van der Waals surface area contributed by atoms with Gasteiger partial charge in [0, 0.05) is 10.5 Å². The molecule has 1 unspecified atom stereocenters. The molecule has 0 saturated heterocycles. The van der Waals surface area contributed by atoms with Crippen LogP contribution >= 0.6 is 15.9 Å². The number of halogens is 1. The fourth-order valence-electron chi connectivity index (χ4n) is 1.31. The van der Waals surface area contributed by atoms with E-state index in [0.29, 0.717) is 21.4 Å². The van der Waals surface area contributed by atoms with Gasteiger partial charge in [-0.2, -0.15) is 0 Å². The summed E-state index contributed by atoms with van der Waals surface area (Å²) >= 11 is 3.32. The molecule has 5 nitrogen and oxygen atoms in total. The van der Waals surface area contributed by atoms with E-state index in [2.05, 4.69) is 26.0 Å². The first-order valence-electron chi connectivity index (χ1n) is 5.04. The number of hydrogen-bond acceptors (Lipinski definition) is 5. The molecule has 0 bridgehead atoms. The van der Waals surface area contributed by atoms with Crippen molar-refractivity contribution < 1.29 is 14.6 Å². The van der Waals surface area contributed by atoms with Crippen molar-refractivity contribution in [1.29, 1.82) is 0 Å². The highest BCUT2D eigenvalue weighted by atomic mass is 79.9. The highest BCUT2D eigenvalue weighted by molar-refractivity contribution is 9.10. The van der Waals surface area contributed by atoms with Gasteiger partial charge in [-0.3, -0.25) is 0 Å². The molecule has 0 saturated carbocycles. The molecule has 0 heterocycles. The average molecular weight is 303 g/mol. The lowest BCUT2D eigenvalue weighted by Gasteiger charge is -2.16. The van der Waals surface area contributed by atoms with Gasteiger partial charge in [-0.1, -0.05) is 0 Å². The van der Waals surface area contributed by atoms with Gasteiger partial charge >= 0.3 is 5.97 Å². The topological polar surface area (TPSA) is 84.6 Å². The summed E-state index contributed by atoms with van der Waals surface area (Å²) < 4.78 is 5.26. The van der Waals surface area contributed by atoms with Gasteiger partial charge in [0.05, 0.1) is 30.7 Å². The molecule has 0 aliphatic rings. The van der Waals surface area contributed by atoms with Crippen molar-refractivity contribution in [2.45, 2.75) is 13.0 Å². The molecule has 0 radical (unpaired) electrons. The number of anilines is 2. The highest BCUT2D eigenvalue weighted by Gasteiger charge is 2.13. The fourth-order valence-corrected chi connectivity index (χ4v) is 1.90. The van der Waals surface area contributed by atoms with Gasteiger partial charge in [0.25, 0.3) is 0 Å². The molecule has 1 rings (SSSR count). The number of nitrogen functional groups attached to an aromatic ring is 1. The summed E-state index contributed by atoms with van der Waals surface area (Å²) in [7, 11) is 1.31. The molecule has 0 aliphatic heterocycles. The second kappa shape index (κ2) is 5.88. The quantitative estimate of drug-likeness (QED) is 0.581. The third kappa shape index (κ3) is 3.34. The molecular formula is C11H15BrN2O3. The van der Waals surface area contributed by atoms with Crippen molar-refractivity contribution in [3.05, 3.63) is 22.2 Å². The number of aliphatic hydroxyl groups excluding tert-OH is 1. The number of hydrogen-bond donors (Lipinski definition) is 3. The average Bonchev–Trinajstić information content (AvgIpc) is 2.32. The van der Waals surface area contributed by atoms with E-state index in [1.165, 1.54) is 13.2 Å². The van der Waals surface area contributed by atoms with Crippen molar-refractivity contribution in [1.82, 2.24) is 0 Å². The molecule has 4 N–H and O–H groups in total. The van der Waals surface area contributed by atoms with Gasteiger partial charge in [-0.25, -0.2) is 4.79 Å². The van der Waals surface area contributed by atoms with Crippen LogP contribution in [0.25, 0.3) is 0 Å². The Kier molecular flexibility index (Phi) is 4.77. The van der Waals surface area contributed by atoms with E-state index < -0.39 is 5.97 Å². The molecule has 0 aromatic heterocycles. The first-order valence-corrected chi connectivity index (χ1v) is 5.83. The predicted octanol–water partition coefficient (Wildman–Crippen LogP) is 1.61. The number of rotatable bonds is 4. The minimum absolute atomic E-state index is 0.00929. The summed E-state index contributed by atoms with van der Waals surface area (Å²) in [6.45, 7) is 1.81. The maximum Gasteiger partial charge on any atom is 0.337 e. The van der Waals surface area contributed by atoms with Crippen LogP contribution in [0.15, 0.2) is 16.6 Å². The molecule has 1 aromatic carbocycles. The Hall–Kier alpha value is -1.27. The molecule has 0 amide bonds. The maximum atomic E-state index is 11.3. The normalized spacial score (nSPS) is 12.0. The minimum atomic E-state index is -0.445. The van der Waals surface area contributed by atoms with Crippen molar-refractivity contribution in [3.8, 4) is 0 Å². The molecule has 6 heteroatoms. The van der Waals surface area contributed by atoms with E-state index in [4.69, 9.17) is 10.8 Å². The Balaban J connectivity index is 3.06. The van der Waals surface area contributed by atoms with Gasteiger partial charge in [0.2, 0.25) is 0 Å². The zero-order valence-electron chi connectivity index (χ0n) is 9.66. The molecular weight excluding hydrogens is 288 g/mol. The SMILES string of the molecule is COC(=O)c1cc(N)c(NC(C)CO)c(Br)c1. The van der Waals surface area contributed by atoms with Crippen LogP contribution in [0.3, 0.4) is 0 Å². The van der Waals surface area contributed by atoms with Crippen LogP contribution in [0.4, 0.5) is 11.4 Å². The number of ether oxygens (including phenoxy) is 1. The smallest absolute Gasteiger partial charge is 0.337 e. The van der Waals surface area contributed by atoms with E-state index in [-0.39, 0.29) is 12.6 Å². The Morgan fingerprint density at radius 3 is 2.76 bits per heavy atom. The van der Waals surface area contributed by atoms with Gasteiger partial charge in [0.1, 0.15) is 0 Å². The second-order valence-corrected chi connectivity index (χ2v) is 4.50. The van der Waals surface area contributed by atoms with Gasteiger partial charge in [-0.05, 0) is 35.0 Å². The van der Waals surface area contributed by atoms with E-state index in [1.54, 1.807) is 6.07 Å². The minimum Gasteiger partial charge on any atom is -0.465 e. The van der Waals surface area contributed by atoms with Crippen molar-refractivity contribution >= 4 is 33.3 Å². The Morgan fingerprint density at radius 1 is 1.65 bits per heavy atom. The number of nitrogens with one attached hydrogen (secondary N) is 1. The van der Waals surface area contributed by atoms with Crippen molar-refractivity contribution in [2.75, 3.05) is 24.8 Å². The summed E-state index contributed by atoms with van der Waals surface area (Å²) in [6, 6.07) is 3.02. The molecule has 0 fully saturated rings. The number of benzene rings is 1. The summed E-state index contributed by atoms with van der Waals surface area (Å²) in [5.41, 5.74) is 7.28. The predicted molar refractivity (Wildman–Crippen MR) is 70.1 cm³/mol. The van der Waals surface area contributed by atoms with Crippen molar-refractivity contribution in [3.63, 3.8) is 0 Å².